The Morgan fingerprint density at radius 3 is 2.81 bits per heavy atom. The maximum Gasteiger partial charge on any atom is 0.224 e. The first-order valence-electron chi connectivity index (χ1n) is 8.92. The number of benzene rings is 1. The molecule has 0 bridgehead atoms. The third-order valence-corrected chi connectivity index (χ3v) is 4.25. The van der Waals surface area contributed by atoms with Crippen molar-refractivity contribution in [3.63, 3.8) is 0 Å². The molecular formula is C19H26N6O. The van der Waals surface area contributed by atoms with Crippen LogP contribution in [0.4, 0.5) is 5.95 Å². The lowest BCUT2D eigenvalue weighted by Crippen LogP contribution is -2.13. The highest BCUT2D eigenvalue weighted by Gasteiger charge is 2.13. The zero-order valence-electron chi connectivity index (χ0n) is 15.6. The Labute approximate surface area is 153 Å². The fraction of sp³-hybridized carbons (Fsp3) is 0.421. The highest BCUT2D eigenvalue weighted by Crippen LogP contribution is 2.32. The molecule has 0 aliphatic heterocycles. The maximum atomic E-state index is 5.44. The molecule has 3 aromatic rings. The van der Waals surface area contributed by atoms with Crippen molar-refractivity contribution in [2.24, 2.45) is 0 Å². The first-order chi connectivity index (χ1) is 12.7. The van der Waals surface area contributed by atoms with Crippen LogP contribution in [-0.4, -0.2) is 59.4 Å². The molecule has 1 aromatic carbocycles. The molecule has 0 aliphatic rings. The summed E-state index contributed by atoms with van der Waals surface area (Å²) in [6, 6.07) is 7.83. The summed E-state index contributed by atoms with van der Waals surface area (Å²) in [5.41, 5.74) is 2.46. The van der Waals surface area contributed by atoms with Crippen molar-refractivity contribution in [3.05, 3.63) is 30.5 Å². The predicted molar refractivity (Wildman–Crippen MR) is 105 cm³/mol. The number of hydrogen-bond donors (Lipinski definition) is 2. The second-order valence-electron chi connectivity index (χ2n) is 6.52. The van der Waals surface area contributed by atoms with Gasteiger partial charge >= 0.3 is 0 Å². The van der Waals surface area contributed by atoms with E-state index in [1.807, 2.05) is 30.5 Å². The van der Waals surface area contributed by atoms with Gasteiger partial charge in [0, 0.05) is 18.3 Å². The van der Waals surface area contributed by atoms with Gasteiger partial charge in [-0.2, -0.15) is 10.1 Å². The largest absolute Gasteiger partial charge is 0.496 e. The van der Waals surface area contributed by atoms with Gasteiger partial charge in [-0.25, -0.2) is 4.98 Å². The quantitative estimate of drug-likeness (QED) is 0.575. The highest BCUT2D eigenvalue weighted by molar-refractivity contribution is 5.92. The second-order valence-corrected chi connectivity index (χ2v) is 6.52. The molecule has 0 saturated heterocycles. The molecule has 0 atom stereocenters. The van der Waals surface area contributed by atoms with E-state index in [2.05, 4.69) is 44.5 Å². The summed E-state index contributed by atoms with van der Waals surface area (Å²) >= 11 is 0. The Balaban J connectivity index is 1.66. The maximum absolute atomic E-state index is 5.44. The Morgan fingerprint density at radius 1 is 1.15 bits per heavy atom. The van der Waals surface area contributed by atoms with Crippen LogP contribution in [0.5, 0.6) is 5.75 Å². The van der Waals surface area contributed by atoms with E-state index in [0.717, 1.165) is 41.9 Å². The molecule has 0 radical (unpaired) electrons. The van der Waals surface area contributed by atoms with Crippen LogP contribution in [0.25, 0.3) is 22.3 Å². The molecule has 0 saturated carbocycles. The average molecular weight is 354 g/mol. The van der Waals surface area contributed by atoms with E-state index < -0.39 is 0 Å². The molecule has 0 fully saturated rings. The molecule has 0 amide bonds. The number of anilines is 1. The normalized spacial score (nSPS) is 11.2. The van der Waals surface area contributed by atoms with E-state index in [1.165, 1.54) is 12.8 Å². The van der Waals surface area contributed by atoms with Crippen molar-refractivity contribution in [1.82, 2.24) is 25.1 Å². The topological polar surface area (TPSA) is 79.0 Å². The molecule has 2 heterocycles. The van der Waals surface area contributed by atoms with E-state index >= 15 is 0 Å². The van der Waals surface area contributed by atoms with Gasteiger partial charge in [-0.3, -0.25) is 5.10 Å². The number of para-hydroxylation sites is 1. The summed E-state index contributed by atoms with van der Waals surface area (Å²) in [4.78, 5) is 11.2. The van der Waals surface area contributed by atoms with Gasteiger partial charge in [0.15, 0.2) is 5.65 Å². The lowest BCUT2D eigenvalue weighted by atomic mass is 10.1. The highest BCUT2D eigenvalue weighted by atomic mass is 16.5. The number of nitrogens with zero attached hydrogens (tertiary/aromatic N) is 4. The standard InChI is InChI=1S/C19H26N6O/c1-25(2)12-8-4-7-11-20-19-21-13-15-17(23-24-18(15)22-19)14-9-5-6-10-16(14)26-3/h5-6,9-10,13H,4,7-8,11-12H2,1-3H3,(H2,20,21,22,23,24). The number of aromatic amines is 1. The fourth-order valence-electron chi connectivity index (χ4n) is 2.88. The Morgan fingerprint density at radius 2 is 2.00 bits per heavy atom. The number of ether oxygens (including phenoxy) is 1. The van der Waals surface area contributed by atoms with E-state index in [0.29, 0.717) is 11.6 Å². The van der Waals surface area contributed by atoms with Crippen molar-refractivity contribution in [1.29, 1.82) is 0 Å². The number of unbranched alkanes of at least 4 members (excludes halogenated alkanes) is 2. The number of fused-ring (bicyclic) bond motifs is 1. The molecule has 0 aliphatic carbocycles. The molecule has 7 heteroatoms. The van der Waals surface area contributed by atoms with Gasteiger partial charge in [-0.05, 0) is 45.6 Å². The Bertz CT molecular complexity index is 845. The molecule has 0 spiro atoms. The number of nitrogens with one attached hydrogen (secondary N) is 2. The molecule has 26 heavy (non-hydrogen) atoms. The summed E-state index contributed by atoms with van der Waals surface area (Å²) < 4.78 is 5.44. The van der Waals surface area contributed by atoms with Crippen molar-refractivity contribution < 1.29 is 4.74 Å². The van der Waals surface area contributed by atoms with Crippen LogP contribution in [0.2, 0.25) is 0 Å². The molecule has 138 valence electrons. The minimum absolute atomic E-state index is 0.614. The number of hydrogen-bond acceptors (Lipinski definition) is 6. The molecular weight excluding hydrogens is 328 g/mol. The van der Waals surface area contributed by atoms with Crippen LogP contribution in [0.15, 0.2) is 30.5 Å². The van der Waals surface area contributed by atoms with Gasteiger partial charge in [-0.1, -0.05) is 18.6 Å². The van der Waals surface area contributed by atoms with E-state index in [9.17, 15) is 0 Å². The van der Waals surface area contributed by atoms with Crippen molar-refractivity contribution in [3.8, 4) is 17.0 Å². The SMILES string of the molecule is COc1ccccc1-c1[nH]nc2nc(NCCCCCN(C)C)ncc12. The lowest BCUT2D eigenvalue weighted by Gasteiger charge is -2.09. The third kappa shape index (κ3) is 4.29. The van der Waals surface area contributed by atoms with Crippen LogP contribution in [-0.2, 0) is 0 Å². The first-order valence-corrected chi connectivity index (χ1v) is 8.92. The van der Waals surface area contributed by atoms with Gasteiger partial charge in [0.25, 0.3) is 0 Å². The molecule has 2 aromatic heterocycles. The van der Waals surface area contributed by atoms with Crippen LogP contribution >= 0.6 is 0 Å². The zero-order chi connectivity index (χ0) is 18.4. The first kappa shape index (κ1) is 18.1. The number of methoxy groups -OCH3 is 1. The Kier molecular flexibility index (Phi) is 6.01. The molecule has 7 nitrogen and oxygen atoms in total. The van der Waals surface area contributed by atoms with Crippen molar-refractivity contribution in [2.75, 3.05) is 39.6 Å². The predicted octanol–water partition coefficient (Wildman–Crippen LogP) is 3.17. The summed E-state index contributed by atoms with van der Waals surface area (Å²) in [5, 5.41) is 11.6. The minimum Gasteiger partial charge on any atom is -0.496 e. The summed E-state index contributed by atoms with van der Waals surface area (Å²) in [6.45, 7) is 1.99. The van der Waals surface area contributed by atoms with Gasteiger partial charge in [0.05, 0.1) is 18.2 Å². The lowest BCUT2D eigenvalue weighted by molar-refractivity contribution is 0.392. The average Bonchev–Trinajstić information content (AvgIpc) is 3.07. The minimum atomic E-state index is 0.614. The summed E-state index contributed by atoms with van der Waals surface area (Å²) in [5.74, 6) is 1.40. The zero-order valence-corrected chi connectivity index (χ0v) is 15.6. The number of H-pyrrole nitrogens is 1. The van der Waals surface area contributed by atoms with Gasteiger partial charge in [-0.15, -0.1) is 0 Å². The fourth-order valence-corrected chi connectivity index (χ4v) is 2.88. The van der Waals surface area contributed by atoms with Crippen LogP contribution in [0, 0.1) is 0 Å². The number of rotatable bonds is 9. The van der Waals surface area contributed by atoms with Crippen LogP contribution in [0.3, 0.4) is 0 Å². The van der Waals surface area contributed by atoms with E-state index in [-0.39, 0.29) is 0 Å². The van der Waals surface area contributed by atoms with Crippen LogP contribution < -0.4 is 10.1 Å². The second kappa shape index (κ2) is 8.62. The van der Waals surface area contributed by atoms with E-state index in [1.54, 1.807) is 7.11 Å². The summed E-state index contributed by atoms with van der Waals surface area (Å²) in [6.07, 6.45) is 5.30. The van der Waals surface area contributed by atoms with Gasteiger partial charge < -0.3 is 15.0 Å². The van der Waals surface area contributed by atoms with Crippen molar-refractivity contribution >= 4 is 17.0 Å². The molecule has 3 rings (SSSR count). The smallest absolute Gasteiger partial charge is 0.224 e. The Hall–Kier alpha value is -2.67. The monoisotopic (exact) mass is 354 g/mol. The van der Waals surface area contributed by atoms with Crippen molar-refractivity contribution in [2.45, 2.75) is 19.3 Å². The number of aromatic nitrogens is 4. The van der Waals surface area contributed by atoms with Gasteiger partial charge in [0.1, 0.15) is 5.75 Å². The van der Waals surface area contributed by atoms with Crippen LogP contribution in [0.1, 0.15) is 19.3 Å². The summed E-state index contributed by atoms with van der Waals surface area (Å²) in [7, 11) is 5.86. The molecule has 0 unspecified atom stereocenters. The third-order valence-electron chi connectivity index (χ3n) is 4.25. The molecule has 2 N–H and O–H groups in total. The van der Waals surface area contributed by atoms with E-state index in [4.69, 9.17) is 4.74 Å². The van der Waals surface area contributed by atoms with Gasteiger partial charge in [0.2, 0.25) is 5.95 Å².